The zero-order valence-corrected chi connectivity index (χ0v) is 38.1. The molecule has 2 atom stereocenters. The van der Waals surface area contributed by atoms with Crippen LogP contribution < -0.4 is 0 Å². The summed E-state index contributed by atoms with van der Waals surface area (Å²) in [6, 6.07) is 21.4. The molecule has 0 radical (unpaired) electrons. The molecule has 2 aliphatic carbocycles. The van der Waals surface area contributed by atoms with Crippen LogP contribution in [0.1, 0.15) is 136 Å². The van der Waals surface area contributed by atoms with Crippen molar-refractivity contribution in [2.75, 3.05) is 0 Å². The zero-order valence-electron chi connectivity index (χ0n) is 38.1. The standard InChI is InChI=1S/C32H37FN2O2.C23H21FN2O/c1-6-24-19-25(37-32(4,5)36-24)16-17-27-28(21-12-14-23(33)15-13-21)26-11-7-9-22-10-8-18-34-30(22)31(26)35-29(27)20(2)3;1-14(2)21-19(13-27)20(15-8-10-17(24)11-9-15)18-7-3-5-16-6-4-12-25-22(16)23(18)26-21/h8,10,12-18,20,24-25H,6-7,9,11,19H2,1-5H3;4,6,8-14H,3,5,7H2,1-2H3/b17-16+;/t24-,25+;/m0./s1. The van der Waals surface area contributed by atoms with Crippen molar-refractivity contribution in [2.24, 2.45) is 0 Å². The maximum Gasteiger partial charge on any atom is 0.163 e. The van der Waals surface area contributed by atoms with Gasteiger partial charge in [-0.2, -0.15) is 0 Å². The molecular weight excluding hydrogens is 803 g/mol. The third-order valence-corrected chi connectivity index (χ3v) is 12.5. The van der Waals surface area contributed by atoms with Crippen LogP contribution in [0.3, 0.4) is 0 Å². The lowest BCUT2D eigenvalue weighted by Gasteiger charge is -2.39. The second kappa shape index (κ2) is 19.1. The van der Waals surface area contributed by atoms with Crippen molar-refractivity contribution in [3.8, 4) is 45.0 Å². The number of rotatable bonds is 8. The molecule has 5 heterocycles. The van der Waals surface area contributed by atoms with Crippen LogP contribution >= 0.6 is 0 Å². The van der Waals surface area contributed by atoms with Crippen LogP contribution in [-0.2, 0) is 35.2 Å². The average Bonchev–Trinajstić information content (AvgIpc) is 3.59. The number of aryl methyl sites for hydroxylation is 2. The number of fused-ring (bicyclic) bond motifs is 6. The van der Waals surface area contributed by atoms with Crippen molar-refractivity contribution in [3.05, 3.63) is 148 Å². The molecule has 0 amide bonds. The van der Waals surface area contributed by atoms with E-state index in [1.807, 2.05) is 58.2 Å². The Morgan fingerprint density at radius 2 is 1.16 bits per heavy atom. The summed E-state index contributed by atoms with van der Waals surface area (Å²) in [5.74, 6) is -0.876. The summed E-state index contributed by atoms with van der Waals surface area (Å²) in [6.07, 6.45) is 16.3. The van der Waals surface area contributed by atoms with Gasteiger partial charge < -0.3 is 9.47 Å². The minimum Gasteiger partial charge on any atom is -0.347 e. The summed E-state index contributed by atoms with van der Waals surface area (Å²) in [4.78, 5) is 31.7. The predicted octanol–water partition coefficient (Wildman–Crippen LogP) is 13.3. The highest BCUT2D eigenvalue weighted by Gasteiger charge is 2.34. The Bertz CT molecular complexity index is 2670. The molecule has 1 aliphatic heterocycles. The van der Waals surface area contributed by atoms with E-state index in [0.717, 1.165) is 125 Å². The van der Waals surface area contributed by atoms with Crippen LogP contribution in [-0.4, -0.2) is 44.2 Å². The Morgan fingerprint density at radius 3 is 1.62 bits per heavy atom. The lowest BCUT2D eigenvalue weighted by atomic mass is 9.87. The number of halogens is 2. The van der Waals surface area contributed by atoms with Crippen molar-refractivity contribution < 1.29 is 23.0 Å². The quantitative estimate of drug-likeness (QED) is 0.141. The number of hydrogen-bond acceptors (Lipinski definition) is 7. The van der Waals surface area contributed by atoms with Gasteiger partial charge in [0.15, 0.2) is 12.1 Å². The van der Waals surface area contributed by atoms with Crippen molar-refractivity contribution in [1.82, 2.24) is 19.9 Å². The summed E-state index contributed by atoms with van der Waals surface area (Å²) in [5.41, 5.74) is 15.6. The van der Waals surface area contributed by atoms with Gasteiger partial charge in [-0.15, -0.1) is 0 Å². The summed E-state index contributed by atoms with van der Waals surface area (Å²) < 4.78 is 39.8. The van der Waals surface area contributed by atoms with Crippen LogP contribution in [0.25, 0.3) is 51.1 Å². The lowest BCUT2D eigenvalue weighted by Crippen LogP contribution is -2.43. The number of aldehydes is 1. The number of benzene rings is 2. The van der Waals surface area contributed by atoms with Gasteiger partial charge in [0.05, 0.1) is 46.4 Å². The maximum atomic E-state index is 14.0. The van der Waals surface area contributed by atoms with Crippen LogP contribution in [0.15, 0.2) is 91.3 Å². The molecule has 64 heavy (non-hydrogen) atoms. The molecule has 0 spiro atoms. The van der Waals surface area contributed by atoms with Gasteiger partial charge in [-0.3, -0.25) is 14.8 Å². The number of carbonyl (C=O) groups is 1. The van der Waals surface area contributed by atoms with Crippen LogP contribution in [0.4, 0.5) is 8.78 Å². The fourth-order valence-electron chi connectivity index (χ4n) is 9.59. The van der Waals surface area contributed by atoms with E-state index in [2.05, 4.69) is 50.0 Å². The Hall–Kier alpha value is -5.77. The summed E-state index contributed by atoms with van der Waals surface area (Å²) in [7, 11) is 0. The number of nitrogens with zero attached hydrogens (tertiary/aromatic N) is 4. The molecule has 0 N–H and O–H groups in total. The number of pyridine rings is 4. The Morgan fingerprint density at radius 1 is 0.672 bits per heavy atom. The SMILES string of the molecule is CC(C)c1nc2c(c(-c3ccc(F)cc3)c1C=O)CCCc1cccnc1-2.CC[C@H]1C[C@@H](/C=C/c2c(C(C)C)nc3c(c2-c2ccc(F)cc2)CCCc2cccnc2-3)OC(C)(C)O1. The van der Waals surface area contributed by atoms with E-state index in [0.29, 0.717) is 5.56 Å². The maximum absolute atomic E-state index is 14.0. The monoisotopic (exact) mass is 860 g/mol. The molecule has 330 valence electrons. The van der Waals surface area contributed by atoms with Crippen LogP contribution in [0.2, 0.25) is 0 Å². The van der Waals surface area contributed by atoms with E-state index in [-0.39, 0.29) is 35.7 Å². The minimum absolute atomic E-state index is 0.0593. The van der Waals surface area contributed by atoms with E-state index in [9.17, 15) is 13.6 Å². The first kappa shape index (κ1) is 44.8. The molecule has 7 nitrogen and oxygen atoms in total. The third kappa shape index (κ3) is 9.38. The number of hydrogen-bond donors (Lipinski definition) is 0. The highest BCUT2D eigenvalue weighted by molar-refractivity contribution is 5.93. The van der Waals surface area contributed by atoms with Crippen molar-refractivity contribution in [1.29, 1.82) is 0 Å². The average molecular weight is 861 g/mol. The number of ether oxygens (including phenoxy) is 2. The van der Waals surface area contributed by atoms with E-state index < -0.39 is 5.79 Å². The summed E-state index contributed by atoms with van der Waals surface area (Å²) >= 11 is 0. The van der Waals surface area contributed by atoms with Crippen molar-refractivity contribution in [3.63, 3.8) is 0 Å². The molecule has 9 rings (SSSR count). The highest BCUT2D eigenvalue weighted by Crippen LogP contribution is 2.43. The van der Waals surface area contributed by atoms with Gasteiger partial charge in [0.1, 0.15) is 11.6 Å². The first-order chi connectivity index (χ1) is 30.8. The van der Waals surface area contributed by atoms with E-state index in [1.165, 1.54) is 28.8 Å². The van der Waals surface area contributed by atoms with Crippen molar-refractivity contribution >= 4 is 12.4 Å². The van der Waals surface area contributed by atoms with E-state index in [1.54, 1.807) is 30.5 Å². The predicted molar refractivity (Wildman–Crippen MR) is 251 cm³/mol. The summed E-state index contributed by atoms with van der Waals surface area (Å²) in [5, 5.41) is 0. The van der Waals surface area contributed by atoms with Gasteiger partial charge in [0, 0.05) is 29.9 Å². The molecule has 0 saturated carbocycles. The molecule has 6 aromatic rings. The first-order valence-corrected chi connectivity index (χ1v) is 22.9. The second-order valence-electron chi connectivity index (χ2n) is 18.2. The lowest BCUT2D eigenvalue weighted by molar-refractivity contribution is -0.290. The molecule has 0 bridgehead atoms. The van der Waals surface area contributed by atoms with Gasteiger partial charge in [0.2, 0.25) is 0 Å². The zero-order chi connectivity index (χ0) is 45.1. The fourth-order valence-corrected chi connectivity index (χ4v) is 9.59. The minimum atomic E-state index is -0.629. The first-order valence-electron chi connectivity index (χ1n) is 22.9. The number of carbonyl (C=O) groups excluding carboxylic acids is 1. The largest absolute Gasteiger partial charge is 0.347 e. The normalized spacial score (nSPS) is 17.7. The molecule has 1 saturated heterocycles. The Labute approximate surface area is 376 Å². The van der Waals surface area contributed by atoms with E-state index in [4.69, 9.17) is 24.4 Å². The second-order valence-corrected chi connectivity index (χ2v) is 18.2. The fraction of sp³-hybridized carbons (Fsp3) is 0.364. The van der Waals surface area contributed by atoms with Crippen LogP contribution in [0.5, 0.6) is 0 Å². The van der Waals surface area contributed by atoms with E-state index >= 15 is 0 Å². The van der Waals surface area contributed by atoms with Gasteiger partial charge in [-0.25, -0.2) is 18.7 Å². The molecule has 1 fully saturated rings. The molecule has 2 aromatic carbocycles. The summed E-state index contributed by atoms with van der Waals surface area (Å²) in [6.45, 7) is 14.5. The van der Waals surface area contributed by atoms with Crippen LogP contribution in [0, 0.1) is 11.6 Å². The molecule has 3 aliphatic rings. The van der Waals surface area contributed by atoms with Gasteiger partial charge >= 0.3 is 0 Å². The van der Waals surface area contributed by atoms with Gasteiger partial charge in [-0.05, 0) is 152 Å². The Balaban J connectivity index is 0.000000184. The molecule has 4 aromatic heterocycles. The molecule has 0 unspecified atom stereocenters. The smallest absolute Gasteiger partial charge is 0.163 e. The number of aromatic nitrogens is 4. The highest BCUT2D eigenvalue weighted by atomic mass is 19.1. The Kier molecular flexibility index (Phi) is 13.4. The third-order valence-electron chi connectivity index (χ3n) is 12.5. The molecule has 9 heteroatoms. The van der Waals surface area contributed by atoms with Gasteiger partial charge in [-0.1, -0.05) is 83.2 Å². The topological polar surface area (TPSA) is 87.1 Å². The van der Waals surface area contributed by atoms with Crippen molar-refractivity contribution in [2.45, 2.75) is 130 Å². The molecular formula is C55H58F2N4O3. The van der Waals surface area contributed by atoms with Gasteiger partial charge in [0.25, 0.3) is 0 Å².